The van der Waals surface area contributed by atoms with E-state index in [4.69, 9.17) is 14.7 Å². The zero-order chi connectivity index (χ0) is 19.9. The Labute approximate surface area is 174 Å². The number of nitrogens with one attached hydrogen (secondary N) is 1. The second-order valence-corrected chi connectivity index (χ2v) is 9.11. The number of ether oxygens (including phenoxy) is 1. The van der Waals surface area contributed by atoms with Crippen molar-refractivity contribution in [3.63, 3.8) is 0 Å². The van der Waals surface area contributed by atoms with Gasteiger partial charge in [0.2, 0.25) is 0 Å². The van der Waals surface area contributed by atoms with Gasteiger partial charge >= 0.3 is 0 Å². The molecule has 0 radical (unpaired) electrons. The van der Waals surface area contributed by atoms with Crippen molar-refractivity contribution < 1.29 is 4.74 Å². The minimum absolute atomic E-state index is 0.243. The summed E-state index contributed by atoms with van der Waals surface area (Å²) in [5.41, 5.74) is 1.15. The van der Waals surface area contributed by atoms with E-state index in [1.165, 1.54) is 12.2 Å². The van der Waals surface area contributed by atoms with Crippen LogP contribution in [0.1, 0.15) is 39.7 Å². The molecule has 0 spiro atoms. The molecule has 1 aromatic rings. The molecule has 0 bridgehead atoms. The molecule has 0 saturated carbocycles. The van der Waals surface area contributed by atoms with E-state index in [2.05, 4.69) is 66.7 Å². The maximum absolute atomic E-state index is 5.82. The Morgan fingerprint density at radius 1 is 1.25 bits per heavy atom. The number of hydrogen-bond acceptors (Lipinski definition) is 5. The van der Waals surface area contributed by atoms with E-state index in [0.29, 0.717) is 11.8 Å². The Morgan fingerprint density at radius 3 is 2.68 bits per heavy atom. The van der Waals surface area contributed by atoms with Gasteiger partial charge in [-0.3, -0.25) is 0 Å². The van der Waals surface area contributed by atoms with Crippen molar-refractivity contribution >= 4 is 23.5 Å². The summed E-state index contributed by atoms with van der Waals surface area (Å²) in [5, 5.41) is 4.17. The van der Waals surface area contributed by atoms with Gasteiger partial charge in [0, 0.05) is 49.9 Å². The van der Waals surface area contributed by atoms with E-state index in [-0.39, 0.29) is 12.2 Å². The monoisotopic (exact) mass is 405 g/mol. The predicted molar refractivity (Wildman–Crippen MR) is 119 cm³/mol. The second kappa shape index (κ2) is 10.3. The number of morpholine rings is 1. The molecule has 3 heterocycles. The number of rotatable bonds is 5. The van der Waals surface area contributed by atoms with Gasteiger partial charge in [-0.25, -0.2) is 9.98 Å². The van der Waals surface area contributed by atoms with Crippen molar-refractivity contribution in [1.29, 1.82) is 0 Å². The summed E-state index contributed by atoms with van der Waals surface area (Å²) in [4.78, 5) is 14.3. The zero-order valence-corrected chi connectivity index (χ0v) is 18.5. The third-order valence-electron chi connectivity index (χ3n) is 5.19. The highest BCUT2D eigenvalue weighted by Gasteiger charge is 2.23. The standard InChI is InChI=1S/C21H35N5OS/c1-5-19-15-25(9-10-28-19)21(22-6-2)24-12-18-7-8-20(23-11-18)26-13-16(3)27-17(4)14-26/h7-8,11,16-17,19H,5-6,9-10,12-15H2,1-4H3,(H,22,24). The van der Waals surface area contributed by atoms with E-state index in [9.17, 15) is 0 Å². The molecule has 7 heteroatoms. The lowest BCUT2D eigenvalue weighted by Crippen LogP contribution is -2.48. The molecule has 0 aliphatic carbocycles. The van der Waals surface area contributed by atoms with Crippen molar-refractivity contribution in [1.82, 2.24) is 15.2 Å². The van der Waals surface area contributed by atoms with Crippen molar-refractivity contribution in [2.24, 2.45) is 4.99 Å². The highest BCUT2D eigenvalue weighted by Crippen LogP contribution is 2.21. The molecular formula is C21H35N5OS. The maximum atomic E-state index is 5.82. The first-order chi connectivity index (χ1) is 13.6. The number of nitrogens with zero attached hydrogens (tertiary/aromatic N) is 4. The van der Waals surface area contributed by atoms with Gasteiger partial charge in [-0.15, -0.1) is 0 Å². The van der Waals surface area contributed by atoms with Gasteiger partial charge in [0.1, 0.15) is 5.82 Å². The van der Waals surface area contributed by atoms with Crippen molar-refractivity contribution in [2.75, 3.05) is 43.4 Å². The van der Waals surface area contributed by atoms with Crippen LogP contribution in [0.15, 0.2) is 23.3 Å². The Kier molecular flexibility index (Phi) is 7.85. The molecule has 3 rings (SSSR count). The largest absolute Gasteiger partial charge is 0.372 e. The average molecular weight is 406 g/mol. The molecule has 156 valence electrons. The Hall–Kier alpha value is -1.47. The summed E-state index contributed by atoms with van der Waals surface area (Å²) in [6, 6.07) is 4.27. The fourth-order valence-corrected chi connectivity index (χ4v) is 4.99. The van der Waals surface area contributed by atoms with Crippen LogP contribution < -0.4 is 10.2 Å². The highest BCUT2D eigenvalue weighted by atomic mass is 32.2. The number of anilines is 1. The lowest BCUT2D eigenvalue weighted by atomic mass is 10.2. The summed E-state index contributed by atoms with van der Waals surface area (Å²) >= 11 is 2.08. The second-order valence-electron chi connectivity index (χ2n) is 7.70. The molecule has 3 unspecified atom stereocenters. The van der Waals surface area contributed by atoms with Crippen LogP contribution in [-0.4, -0.2) is 71.8 Å². The number of pyridine rings is 1. The third-order valence-corrected chi connectivity index (χ3v) is 6.56. The maximum Gasteiger partial charge on any atom is 0.194 e. The topological polar surface area (TPSA) is 53.0 Å². The van der Waals surface area contributed by atoms with Crippen molar-refractivity contribution in [2.45, 2.75) is 58.1 Å². The van der Waals surface area contributed by atoms with Crippen LogP contribution in [0.25, 0.3) is 0 Å². The van der Waals surface area contributed by atoms with Gasteiger partial charge in [0.05, 0.1) is 18.8 Å². The smallest absolute Gasteiger partial charge is 0.194 e. The van der Waals surface area contributed by atoms with Gasteiger partial charge in [0.15, 0.2) is 5.96 Å². The van der Waals surface area contributed by atoms with Crippen LogP contribution in [-0.2, 0) is 11.3 Å². The number of aliphatic imine (C=N–C) groups is 1. The van der Waals surface area contributed by atoms with Gasteiger partial charge < -0.3 is 19.9 Å². The minimum atomic E-state index is 0.243. The SMILES string of the molecule is CCNC(=NCc1ccc(N2CC(C)OC(C)C2)nc1)N1CCSC(CC)C1. The van der Waals surface area contributed by atoms with E-state index in [0.717, 1.165) is 50.1 Å². The minimum Gasteiger partial charge on any atom is -0.372 e. The summed E-state index contributed by atoms with van der Waals surface area (Å²) < 4.78 is 5.82. The zero-order valence-electron chi connectivity index (χ0n) is 17.7. The van der Waals surface area contributed by atoms with Crippen LogP contribution >= 0.6 is 11.8 Å². The summed E-state index contributed by atoms with van der Waals surface area (Å²) in [6.07, 6.45) is 3.66. The predicted octanol–water partition coefficient (Wildman–Crippen LogP) is 2.99. The molecule has 1 N–H and O–H groups in total. The van der Waals surface area contributed by atoms with E-state index in [1.54, 1.807) is 0 Å². The van der Waals surface area contributed by atoms with E-state index < -0.39 is 0 Å². The van der Waals surface area contributed by atoms with Crippen LogP contribution in [0, 0.1) is 0 Å². The average Bonchev–Trinajstić information content (AvgIpc) is 2.71. The van der Waals surface area contributed by atoms with Crippen LogP contribution in [0.2, 0.25) is 0 Å². The van der Waals surface area contributed by atoms with Crippen molar-refractivity contribution in [3.8, 4) is 0 Å². The lowest BCUT2D eigenvalue weighted by molar-refractivity contribution is -0.00545. The molecule has 6 nitrogen and oxygen atoms in total. The van der Waals surface area contributed by atoms with Crippen LogP contribution in [0.5, 0.6) is 0 Å². The first-order valence-corrected chi connectivity index (χ1v) is 11.6. The van der Waals surface area contributed by atoms with Crippen molar-refractivity contribution in [3.05, 3.63) is 23.9 Å². The summed E-state index contributed by atoms with van der Waals surface area (Å²) in [7, 11) is 0. The van der Waals surface area contributed by atoms with Gasteiger partial charge in [-0.1, -0.05) is 13.0 Å². The fraction of sp³-hybridized carbons (Fsp3) is 0.714. The summed E-state index contributed by atoms with van der Waals surface area (Å²) in [6.45, 7) is 14.1. The number of hydrogen-bond donors (Lipinski definition) is 1. The highest BCUT2D eigenvalue weighted by molar-refractivity contribution is 8.00. The first kappa shape index (κ1) is 21.2. The molecule has 0 aromatic carbocycles. The molecule has 2 saturated heterocycles. The Bertz CT molecular complexity index is 628. The molecule has 2 aliphatic heterocycles. The first-order valence-electron chi connectivity index (χ1n) is 10.6. The fourth-order valence-electron chi connectivity index (χ4n) is 3.81. The number of aromatic nitrogens is 1. The van der Waals surface area contributed by atoms with E-state index in [1.807, 2.05) is 6.20 Å². The number of guanidine groups is 1. The van der Waals surface area contributed by atoms with Crippen LogP contribution in [0.4, 0.5) is 5.82 Å². The molecule has 3 atom stereocenters. The molecule has 2 aliphatic rings. The Morgan fingerprint density at radius 2 is 2.04 bits per heavy atom. The quantitative estimate of drug-likeness (QED) is 0.600. The molecule has 0 amide bonds. The Balaban J connectivity index is 1.63. The number of thioether (sulfide) groups is 1. The molecule has 28 heavy (non-hydrogen) atoms. The molecule has 1 aromatic heterocycles. The summed E-state index contributed by atoms with van der Waals surface area (Å²) in [5.74, 6) is 3.23. The normalized spacial score (nSPS) is 26.4. The van der Waals surface area contributed by atoms with Gasteiger partial charge in [0.25, 0.3) is 0 Å². The third kappa shape index (κ3) is 5.77. The van der Waals surface area contributed by atoms with Gasteiger partial charge in [-0.2, -0.15) is 11.8 Å². The van der Waals surface area contributed by atoms with Crippen LogP contribution in [0.3, 0.4) is 0 Å². The molecular weight excluding hydrogens is 370 g/mol. The van der Waals surface area contributed by atoms with Gasteiger partial charge in [-0.05, 0) is 38.8 Å². The van der Waals surface area contributed by atoms with E-state index >= 15 is 0 Å². The lowest BCUT2D eigenvalue weighted by Gasteiger charge is -2.36. The molecule has 2 fully saturated rings.